The lowest BCUT2D eigenvalue weighted by Crippen LogP contribution is -2.48. The maximum atomic E-state index is 13.5. The third-order valence-corrected chi connectivity index (χ3v) is 11.2. The molecular formula is C34H46N6O7S2. The van der Waals surface area contributed by atoms with Crippen LogP contribution in [0, 0.1) is 18.8 Å². The van der Waals surface area contributed by atoms with Gasteiger partial charge < -0.3 is 26.4 Å². The van der Waals surface area contributed by atoms with Crippen molar-refractivity contribution in [3.63, 3.8) is 0 Å². The zero-order valence-electron chi connectivity index (χ0n) is 28.8. The van der Waals surface area contributed by atoms with E-state index in [0.29, 0.717) is 13.0 Å². The van der Waals surface area contributed by atoms with Crippen LogP contribution in [-0.4, -0.2) is 67.4 Å². The average molecular weight is 715 g/mol. The predicted octanol–water partition coefficient (Wildman–Crippen LogP) is 3.59. The van der Waals surface area contributed by atoms with Crippen LogP contribution >= 0.6 is 11.3 Å². The molecular weight excluding hydrogens is 669 g/mol. The van der Waals surface area contributed by atoms with Gasteiger partial charge in [0.25, 0.3) is 15.9 Å². The van der Waals surface area contributed by atoms with Gasteiger partial charge in [0.1, 0.15) is 6.04 Å². The molecule has 0 aliphatic rings. The van der Waals surface area contributed by atoms with Gasteiger partial charge in [-0.1, -0.05) is 68.5 Å². The van der Waals surface area contributed by atoms with Crippen LogP contribution in [0.5, 0.6) is 0 Å². The Morgan fingerprint density at radius 1 is 0.939 bits per heavy atom. The largest absolute Gasteiger partial charge is 0.391 e. The first kappa shape index (κ1) is 39.1. The fourth-order valence-corrected chi connectivity index (χ4v) is 7.80. The Bertz CT molecular complexity index is 1730. The summed E-state index contributed by atoms with van der Waals surface area (Å²) in [6.07, 6.45) is -0.653. The summed E-state index contributed by atoms with van der Waals surface area (Å²) in [5, 5.41) is 22.2. The number of nitrogens with zero attached hydrogens (tertiary/aromatic N) is 2. The molecule has 15 heteroatoms. The Kier molecular flexibility index (Phi) is 13.9. The number of thiazole rings is 1. The second-order valence-electron chi connectivity index (χ2n) is 12.4. The molecule has 1 aromatic heterocycles. The summed E-state index contributed by atoms with van der Waals surface area (Å²) in [7, 11) is -2.72. The molecule has 0 radical (unpaired) electrons. The van der Waals surface area contributed by atoms with E-state index in [9.17, 15) is 32.7 Å². The topological polar surface area (TPSA) is 187 Å². The van der Waals surface area contributed by atoms with Crippen LogP contribution in [0.2, 0.25) is 0 Å². The molecule has 0 spiro atoms. The minimum Gasteiger partial charge on any atom is -0.391 e. The number of sulfonamides is 1. The predicted molar refractivity (Wildman–Crippen MR) is 190 cm³/mol. The molecule has 3 aromatic rings. The van der Waals surface area contributed by atoms with Crippen molar-refractivity contribution in [3.8, 4) is 0 Å². The van der Waals surface area contributed by atoms with Gasteiger partial charge in [-0.2, -0.15) is 0 Å². The van der Waals surface area contributed by atoms with E-state index in [2.05, 4.69) is 26.3 Å². The fourth-order valence-electron chi connectivity index (χ4n) is 5.00. The number of hydrogen-bond acceptors (Lipinski definition) is 9. The monoisotopic (exact) mass is 714 g/mol. The Morgan fingerprint density at radius 3 is 2.24 bits per heavy atom. The average Bonchev–Trinajstić information content (AvgIpc) is 3.42. The summed E-state index contributed by atoms with van der Waals surface area (Å²) < 4.78 is 27.9. The highest BCUT2D eigenvalue weighted by atomic mass is 32.2. The Balaban J connectivity index is 1.66. The lowest BCUT2D eigenvalue weighted by molar-refractivity contribution is -0.131. The molecule has 1 heterocycles. The third-order valence-electron chi connectivity index (χ3n) is 7.71. The molecule has 49 heavy (non-hydrogen) atoms. The van der Waals surface area contributed by atoms with Crippen molar-refractivity contribution in [2.24, 2.45) is 11.8 Å². The Labute approximate surface area is 291 Å². The molecule has 0 fully saturated rings. The van der Waals surface area contributed by atoms with Gasteiger partial charge in [-0.25, -0.2) is 13.4 Å². The number of anilines is 2. The lowest BCUT2D eigenvalue weighted by Gasteiger charge is -2.28. The number of aromatic nitrogens is 1. The van der Waals surface area contributed by atoms with Gasteiger partial charge in [-0.05, 0) is 56.4 Å². The van der Waals surface area contributed by atoms with Crippen LogP contribution in [0.1, 0.15) is 69.1 Å². The number of carbonyl (C=O) groups excluding carboxylic acids is 4. The van der Waals surface area contributed by atoms with Crippen LogP contribution in [-0.2, 0) is 31.0 Å². The van der Waals surface area contributed by atoms with Gasteiger partial charge in [0, 0.05) is 32.0 Å². The van der Waals surface area contributed by atoms with Crippen LogP contribution in [0.15, 0.2) is 58.8 Å². The minimum atomic E-state index is -4.08. The Hall–Kier alpha value is -4.34. The van der Waals surface area contributed by atoms with Crippen molar-refractivity contribution in [2.75, 3.05) is 16.7 Å². The number of amides is 4. The first-order chi connectivity index (χ1) is 23.0. The minimum absolute atomic E-state index is 0.0253. The first-order valence-corrected chi connectivity index (χ1v) is 18.2. The lowest BCUT2D eigenvalue weighted by atomic mass is 9.92. The molecule has 5 N–H and O–H groups in total. The highest BCUT2D eigenvalue weighted by Crippen LogP contribution is 2.32. The third kappa shape index (κ3) is 11.1. The highest BCUT2D eigenvalue weighted by Gasteiger charge is 2.30. The van der Waals surface area contributed by atoms with Crippen molar-refractivity contribution < 1.29 is 32.7 Å². The number of aryl methyl sites for hydroxylation is 1. The smallest absolute Gasteiger partial charge is 0.275 e. The molecule has 4 atom stereocenters. The number of rotatable bonds is 16. The molecule has 266 valence electrons. The van der Waals surface area contributed by atoms with Crippen LogP contribution < -0.4 is 25.6 Å². The van der Waals surface area contributed by atoms with Crippen molar-refractivity contribution in [2.45, 2.75) is 83.3 Å². The summed E-state index contributed by atoms with van der Waals surface area (Å²) in [5.41, 5.74) is 1.54. The molecule has 0 aliphatic carbocycles. The SMILES string of the molecule is CC(=O)Nc1nc(C)c(S(=O)(=O)N(C)c2cccc(C(=O)N[C@@H](CC(C)C)[C@@H](O)C[C@@H](C)C(=O)N[C@@H](C)C(=O)NCc3ccccc3)c2)s1. The molecule has 0 bridgehead atoms. The molecule has 3 rings (SSSR count). The van der Waals surface area contributed by atoms with Gasteiger partial charge in [0.15, 0.2) is 9.34 Å². The molecule has 2 aromatic carbocycles. The second-order valence-corrected chi connectivity index (χ2v) is 15.6. The van der Waals surface area contributed by atoms with E-state index in [0.717, 1.165) is 21.2 Å². The van der Waals surface area contributed by atoms with Crippen molar-refractivity contribution in [1.29, 1.82) is 0 Å². The normalized spacial score (nSPS) is 13.9. The number of aliphatic hydroxyl groups is 1. The van der Waals surface area contributed by atoms with E-state index in [1.165, 1.54) is 33.0 Å². The quantitative estimate of drug-likeness (QED) is 0.149. The maximum Gasteiger partial charge on any atom is 0.275 e. The van der Waals surface area contributed by atoms with Gasteiger partial charge in [0.05, 0.1) is 23.5 Å². The number of benzene rings is 2. The summed E-state index contributed by atoms with van der Waals surface area (Å²) in [6.45, 7) is 10.3. The number of aliphatic hydroxyl groups excluding tert-OH is 1. The zero-order chi connectivity index (χ0) is 36.5. The molecule has 0 unspecified atom stereocenters. The summed E-state index contributed by atoms with van der Waals surface area (Å²) >= 11 is 0.830. The van der Waals surface area contributed by atoms with E-state index in [4.69, 9.17) is 0 Å². The van der Waals surface area contributed by atoms with Crippen molar-refractivity contribution >= 4 is 55.8 Å². The van der Waals surface area contributed by atoms with E-state index in [1.807, 2.05) is 44.2 Å². The zero-order valence-corrected chi connectivity index (χ0v) is 30.4. The first-order valence-electron chi connectivity index (χ1n) is 15.9. The summed E-state index contributed by atoms with van der Waals surface area (Å²) in [5.74, 6) is -2.24. The summed E-state index contributed by atoms with van der Waals surface area (Å²) in [6, 6.07) is 13.9. The molecule has 13 nitrogen and oxygen atoms in total. The van der Waals surface area contributed by atoms with Crippen molar-refractivity contribution in [3.05, 3.63) is 71.4 Å². The van der Waals surface area contributed by atoms with E-state index >= 15 is 0 Å². The van der Waals surface area contributed by atoms with Crippen LogP contribution in [0.25, 0.3) is 0 Å². The van der Waals surface area contributed by atoms with Gasteiger partial charge in [-0.15, -0.1) is 0 Å². The Morgan fingerprint density at radius 2 is 1.61 bits per heavy atom. The van der Waals surface area contributed by atoms with E-state index in [1.54, 1.807) is 26.0 Å². The summed E-state index contributed by atoms with van der Waals surface area (Å²) in [4.78, 5) is 54.5. The van der Waals surface area contributed by atoms with Gasteiger partial charge >= 0.3 is 0 Å². The van der Waals surface area contributed by atoms with Gasteiger partial charge in [0.2, 0.25) is 17.7 Å². The van der Waals surface area contributed by atoms with E-state index in [-0.39, 0.29) is 50.4 Å². The van der Waals surface area contributed by atoms with Gasteiger partial charge in [-0.3, -0.25) is 23.5 Å². The molecule has 0 saturated carbocycles. The number of hydrogen-bond donors (Lipinski definition) is 5. The van der Waals surface area contributed by atoms with E-state index < -0.39 is 45.9 Å². The van der Waals surface area contributed by atoms with Crippen molar-refractivity contribution in [1.82, 2.24) is 20.9 Å². The maximum absolute atomic E-state index is 13.5. The van der Waals surface area contributed by atoms with Crippen LogP contribution in [0.4, 0.5) is 10.8 Å². The molecule has 0 aliphatic heterocycles. The standard InChI is InChI=1S/C34H46N6O7S2/c1-20(2)16-28(29(42)17-21(3)30(43)36-22(4)31(44)35-19-25-12-9-8-10-13-25)39-32(45)26-14-11-15-27(18-26)40(7)49(46,47)33-23(5)37-34(48-33)38-24(6)41/h8-15,18,20-22,28-29,42H,16-17,19H2,1-7H3,(H,35,44)(H,36,43)(H,39,45)(H,37,38,41)/t21-,22+,28+,29+/m1/s1. The second kappa shape index (κ2) is 17.4. The fraction of sp³-hybridized carbons (Fsp3) is 0.441. The highest BCUT2D eigenvalue weighted by molar-refractivity contribution is 7.94. The van der Waals surface area contributed by atoms with Crippen LogP contribution in [0.3, 0.4) is 0 Å². The number of nitrogens with one attached hydrogen (secondary N) is 4. The molecule has 0 saturated heterocycles. The molecule has 4 amide bonds. The number of carbonyl (C=O) groups is 4.